The van der Waals surface area contributed by atoms with E-state index in [1.165, 1.54) is 0 Å². The Morgan fingerprint density at radius 1 is 1.47 bits per heavy atom. The summed E-state index contributed by atoms with van der Waals surface area (Å²) in [4.78, 5) is 4.11. The molecule has 6 heteroatoms. The van der Waals surface area contributed by atoms with Crippen LogP contribution in [0.2, 0.25) is 0 Å². The zero-order chi connectivity index (χ0) is 12.4. The van der Waals surface area contributed by atoms with Crippen LogP contribution in [0.5, 0.6) is 0 Å². The molecule has 0 aliphatic heterocycles. The van der Waals surface area contributed by atoms with Gasteiger partial charge in [-0.2, -0.15) is 0 Å². The van der Waals surface area contributed by atoms with Gasteiger partial charge in [0.05, 0.1) is 0 Å². The molecule has 0 heterocycles. The first-order chi connectivity index (χ1) is 7.18. The van der Waals surface area contributed by atoms with Crippen molar-refractivity contribution in [2.75, 3.05) is 6.54 Å². The fourth-order valence-corrected chi connectivity index (χ4v) is 1.85. The number of hydrogen-bond donors (Lipinski definition) is 2. The van der Waals surface area contributed by atoms with Crippen molar-refractivity contribution in [1.82, 2.24) is 5.32 Å². The minimum absolute atomic E-state index is 0. The summed E-state index contributed by atoms with van der Waals surface area (Å²) in [6.07, 6.45) is 0.471. The smallest absolute Gasteiger partial charge is 0.248 e. The van der Waals surface area contributed by atoms with Crippen LogP contribution in [0.4, 0.5) is 8.78 Å². The SMILES string of the molecule is CC(C)(C)NC(N)=NCC1CCC(F)(F)C1.I. The summed E-state index contributed by atoms with van der Waals surface area (Å²) < 4.78 is 25.8. The number of guanidine groups is 1. The molecular weight excluding hydrogens is 339 g/mol. The van der Waals surface area contributed by atoms with Gasteiger partial charge in [0.2, 0.25) is 5.92 Å². The summed E-state index contributed by atoms with van der Waals surface area (Å²) in [5.74, 6) is -2.19. The molecule has 1 atom stereocenters. The average molecular weight is 361 g/mol. The lowest BCUT2D eigenvalue weighted by molar-refractivity contribution is 0.00541. The van der Waals surface area contributed by atoms with E-state index >= 15 is 0 Å². The Bertz CT molecular complexity index is 274. The van der Waals surface area contributed by atoms with E-state index in [1.54, 1.807) is 0 Å². The molecule has 3 N–H and O–H groups in total. The Balaban J connectivity index is 0.00000256. The van der Waals surface area contributed by atoms with Gasteiger partial charge < -0.3 is 11.1 Å². The molecular formula is C11H22F2IN3. The van der Waals surface area contributed by atoms with Crippen molar-refractivity contribution < 1.29 is 8.78 Å². The Hall–Kier alpha value is -0.140. The minimum Gasteiger partial charge on any atom is -0.370 e. The number of nitrogens with zero attached hydrogens (tertiary/aromatic N) is 1. The molecule has 0 bridgehead atoms. The molecule has 0 saturated heterocycles. The van der Waals surface area contributed by atoms with Crippen LogP contribution in [0.25, 0.3) is 0 Å². The summed E-state index contributed by atoms with van der Waals surface area (Å²) in [5, 5.41) is 3.00. The summed E-state index contributed by atoms with van der Waals surface area (Å²) in [7, 11) is 0. The van der Waals surface area contributed by atoms with Gasteiger partial charge in [-0.3, -0.25) is 4.99 Å². The molecule has 0 aromatic rings. The second-order valence-electron chi connectivity index (χ2n) is 5.57. The Morgan fingerprint density at radius 2 is 2.06 bits per heavy atom. The molecule has 1 rings (SSSR count). The Kier molecular flexibility index (Phi) is 6.10. The third-order valence-electron chi connectivity index (χ3n) is 2.53. The van der Waals surface area contributed by atoms with Crippen LogP contribution < -0.4 is 11.1 Å². The maximum Gasteiger partial charge on any atom is 0.248 e. The molecule has 17 heavy (non-hydrogen) atoms. The molecule has 1 unspecified atom stereocenters. The maximum absolute atomic E-state index is 12.9. The molecule has 1 fully saturated rings. The normalized spacial score (nSPS) is 24.3. The third kappa shape index (κ3) is 7.00. The van der Waals surface area contributed by atoms with E-state index in [1.807, 2.05) is 20.8 Å². The fourth-order valence-electron chi connectivity index (χ4n) is 1.85. The van der Waals surface area contributed by atoms with Gasteiger partial charge in [-0.15, -0.1) is 24.0 Å². The molecule has 1 aliphatic rings. The second-order valence-corrected chi connectivity index (χ2v) is 5.57. The molecule has 0 spiro atoms. The molecule has 0 aromatic carbocycles. The van der Waals surface area contributed by atoms with Crippen molar-refractivity contribution in [3.8, 4) is 0 Å². The zero-order valence-electron chi connectivity index (χ0n) is 10.6. The highest BCUT2D eigenvalue weighted by molar-refractivity contribution is 14.0. The highest BCUT2D eigenvalue weighted by atomic mass is 127. The highest BCUT2D eigenvalue weighted by Crippen LogP contribution is 2.38. The molecule has 1 saturated carbocycles. The van der Waals surface area contributed by atoms with Gasteiger partial charge in [-0.05, 0) is 33.1 Å². The van der Waals surface area contributed by atoms with Gasteiger partial charge in [0.25, 0.3) is 0 Å². The summed E-state index contributed by atoms with van der Waals surface area (Å²) >= 11 is 0. The van der Waals surface area contributed by atoms with Crippen LogP contribution in [0.15, 0.2) is 4.99 Å². The van der Waals surface area contributed by atoms with Gasteiger partial charge in [-0.25, -0.2) is 8.78 Å². The number of nitrogens with two attached hydrogens (primary N) is 1. The van der Waals surface area contributed by atoms with Gasteiger partial charge in [0, 0.05) is 24.9 Å². The molecule has 0 aromatic heterocycles. The number of alkyl halides is 2. The minimum atomic E-state index is -2.49. The first kappa shape index (κ1) is 16.9. The Labute approximate surface area is 119 Å². The first-order valence-electron chi connectivity index (χ1n) is 5.64. The molecule has 3 nitrogen and oxygen atoms in total. The van der Waals surface area contributed by atoms with Crippen LogP contribution in [0.3, 0.4) is 0 Å². The van der Waals surface area contributed by atoms with Crippen molar-refractivity contribution in [3.63, 3.8) is 0 Å². The Morgan fingerprint density at radius 3 is 2.47 bits per heavy atom. The molecule has 0 amide bonds. The predicted octanol–water partition coefficient (Wildman–Crippen LogP) is 2.74. The van der Waals surface area contributed by atoms with E-state index in [9.17, 15) is 8.78 Å². The van der Waals surface area contributed by atoms with Crippen molar-refractivity contribution in [2.45, 2.75) is 51.5 Å². The predicted molar refractivity (Wildman–Crippen MR) is 77.1 cm³/mol. The number of halogens is 3. The maximum atomic E-state index is 12.9. The molecule has 102 valence electrons. The number of hydrogen-bond acceptors (Lipinski definition) is 1. The summed E-state index contributed by atoms with van der Waals surface area (Å²) in [5.41, 5.74) is 5.51. The van der Waals surface area contributed by atoms with Crippen molar-refractivity contribution in [1.29, 1.82) is 0 Å². The topological polar surface area (TPSA) is 50.4 Å². The largest absolute Gasteiger partial charge is 0.370 e. The van der Waals surface area contributed by atoms with E-state index in [0.29, 0.717) is 18.9 Å². The van der Waals surface area contributed by atoms with Crippen LogP contribution in [0, 0.1) is 5.92 Å². The van der Waals surface area contributed by atoms with Gasteiger partial charge in [0.1, 0.15) is 0 Å². The van der Waals surface area contributed by atoms with Gasteiger partial charge in [0.15, 0.2) is 5.96 Å². The van der Waals surface area contributed by atoms with E-state index < -0.39 is 5.92 Å². The standard InChI is InChI=1S/C11H21F2N3.HI/c1-10(2,3)16-9(14)15-7-8-4-5-11(12,13)6-8;/h8H,4-7H2,1-3H3,(H3,14,15,16);1H. The number of aliphatic imine (C=N–C) groups is 1. The molecule has 1 aliphatic carbocycles. The van der Waals surface area contributed by atoms with Crippen LogP contribution in [-0.2, 0) is 0 Å². The summed E-state index contributed by atoms with van der Waals surface area (Å²) in [6.45, 7) is 6.31. The van der Waals surface area contributed by atoms with Crippen molar-refractivity contribution >= 4 is 29.9 Å². The van der Waals surface area contributed by atoms with Gasteiger partial charge >= 0.3 is 0 Å². The van der Waals surface area contributed by atoms with Crippen LogP contribution in [-0.4, -0.2) is 24.0 Å². The van der Waals surface area contributed by atoms with Gasteiger partial charge in [-0.1, -0.05) is 0 Å². The van der Waals surface area contributed by atoms with E-state index in [4.69, 9.17) is 5.73 Å². The lowest BCUT2D eigenvalue weighted by atomic mass is 10.1. The zero-order valence-corrected chi connectivity index (χ0v) is 12.9. The lowest BCUT2D eigenvalue weighted by Crippen LogP contribution is -2.45. The second kappa shape index (κ2) is 6.15. The van der Waals surface area contributed by atoms with E-state index in [2.05, 4.69) is 10.3 Å². The van der Waals surface area contributed by atoms with Crippen molar-refractivity contribution in [2.24, 2.45) is 16.6 Å². The molecule has 0 radical (unpaired) electrons. The van der Waals surface area contributed by atoms with Crippen molar-refractivity contribution in [3.05, 3.63) is 0 Å². The summed E-state index contributed by atoms with van der Waals surface area (Å²) in [6, 6.07) is 0. The van der Waals surface area contributed by atoms with Crippen LogP contribution >= 0.6 is 24.0 Å². The number of rotatable bonds is 2. The quantitative estimate of drug-likeness (QED) is 0.452. The number of nitrogens with one attached hydrogen (secondary N) is 1. The highest BCUT2D eigenvalue weighted by Gasteiger charge is 2.39. The van der Waals surface area contributed by atoms with E-state index in [-0.39, 0.29) is 48.3 Å². The van der Waals surface area contributed by atoms with Crippen LogP contribution in [0.1, 0.15) is 40.0 Å². The lowest BCUT2D eigenvalue weighted by Gasteiger charge is -2.21. The monoisotopic (exact) mass is 361 g/mol. The first-order valence-corrected chi connectivity index (χ1v) is 5.64. The third-order valence-corrected chi connectivity index (χ3v) is 2.53. The average Bonchev–Trinajstić information content (AvgIpc) is 2.39. The van der Waals surface area contributed by atoms with E-state index in [0.717, 1.165) is 0 Å². The fraction of sp³-hybridized carbons (Fsp3) is 0.909.